The Balaban J connectivity index is 2.89. The van der Waals surface area contributed by atoms with Crippen LogP contribution >= 0.6 is 0 Å². The summed E-state index contributed by atoms with van der Waals surface area (Å²) in [4.78, 5) is 21.0. The summed E-state index contributed by atoms with van der Waals surface area (Å²) in [5.41, 5.74) is 4.99. The summed E-state index contributed by atoms with van der Waals surface area (Å²) in [7, 11) is -3.89. The van der Waals surface area contributed by atoms with E-state index in [1.807, 2.05) is 0 Å². The fourth-order valence-electron chi connectivity index (χ4n) is 1.43. The Morgan fingerprint density at radius 3 is 2.60 bits per heavy atom. The Kier molecular flexibility index (Phi) is 5.06. The van der Waals surface area contributed by atoms with Gasteiger partial charge in [0.25, 0.3) is 0 Å². The van der Waals surface area contributed by atoms with Crippen molar-refractivity contribution >= 4 is 22.1 Å². The van der Waals surface area contributed by atoms with Gasteiger partial charge in [-0.05, 0) is 24.6 Å². The van der Waals surface area contributed by atoms with E-state index in [0.717, 1.165) is 6.07 Å². The van der Waals surface area contributed by atoms with E-state index in [1.54, 1.807) is 6.92 Å². The molecule has 0 radical (unpaired) electrons. The molecule has 0 bridgehead atoms. The first-order valence-corrected chi connectivity index (χ1v) is 6.98. The SMILES string of the molecule is Cc1ccc(C(=O)O)cc1S(=O)(=O)NCCOC(N)=O. The van der Waals surface area contributed by atoms with Gasteiger partial charge >= 0.3 is 12.1 Å². The van der Waals surface area contributed by atoms with Gasteiger partial charge in [0.1, 0.15) is 6.61 Å². The van der Waals surface area contributed by atoms with Crippen molar-refractivity contribution in [2.24, 2.45) is 5.73 Å². The zero-order chi connectivity index (χ0) is 15.3. The predicted molar refractivity (Wildman–Crippen MR) is 68.9 cm³/mol. The number of carboxylic acid groups (broad SMARTS) is 1. The maximum Gasteiger partial charge on any atom is 0.404 e. The Hall–Kier alpha value is -2.13. The fraction of sp³-hybridized carbons (Fsp3) is 0.273. The molecule has 8 nitrogen and oxygen atoms in total. The van der Waals surface area contributed by atoms with Gasteiger partial charge in [-0.2, -0.15) is 0 Å². The van der Waals surface area contributed by atoms with Crippen molar-refractivity contribution in [2.45, 2.75) is 11.8 Å². The highest BCUT2D eigenvalue weighted by atomic mass is 32.2. The zero-order valence-corrected chi connectivity index (χ0v) is 11.4. The fourth-order valence-corrected chi connectivity index (χ4v) is 2.71. The topological polar surface area (TPSA) is 136 Å². The molecule has 0 aromatic heterocycles. The molecule has 0 unspecified atom stereocenters. The van der Waals surface area contributed by atoms with E-state index >= 15 is 0 Å². The Labute approximate surface area is 115 Å². The van der Waals surface area contributed by atoms with Crippen LogP contribution in [-0.4, -0.2) is 38.7 Å². The van der Waals surface area contributed by atoms with E-state index in [2.05, 4.69) is 9.46 Å². The van der Waals surface area contributed by atoms with Gasteiger partial charge in [-0.15, -0.1) is 0 Å². The van der Waals surface area contributed by atoms with E-state index in [-0.39, 0.29) is 23.6 Å². The van der Waals surface area contributed by atoms with Crippen molar-refractivity contribution in [3.8, 4) is 0 Å². The minimum absolute atomic E-state index is 0.135. The van der Waals surface area contributed by atoms with Crippen LogP contribution in [0.5, 0.6) is 0 Å². The van der Waals surface area contributed by atoms with Gasteiger partial charge in [0, 0.05) is 6.54 Å². The molecule has 9 heteroatoms. The standard InChI is InChI=1S/C11H14N2O6S/c1-7-2-3-8(10(14)15)6-9(7)20(17,18)13-4-5-19-11(12)16/h2-3,6,13H,4-5H2,1H3,(H2,12,16)(H,14,15). The third kappa shape index (κ3) is 4.21. The van der Waals surface area contributed by atoms with Crippen molar-refractivity contribution in [3.05, 3.63) is 29.3 Å². The van der Waals surface area contributed by atoms with Gasteiger partial charge in [-0.25, -0.2) is 22.7 Å². The van der Waals surface area contributed by atoms with E-state index in [0.29, 0.717) is 5.56 Å². The van der Waals surface area contributed by atoms with Crippen LogP contribution in [0.25, 0.3) is 0 Å². The minimum Gasteiger partial charge on any atom is -0.478 e. The largest absolute Gasteiger partial charge is 0.478 e. The summed E-state index contributed by atoms with van der Waals surface area (Å²) < 4.78 is 30.6. The number of aryl methyl sites for hydroxylation is 1. The van der Waals surface area contributed by atoms with Crippen molar-refractivity contribution < 1.29 is 27.9 Å². The van der Waals surface area contributed by atoms with Crippen LogP contribution in [0.2, 0.25) is 0 Å². The molecule has 20 heavy (non-hydrogen) atoms. The molecule has 0 atom stereocenters. The molecule has 0 aliphatic heterocycles. The van der Waals surface area contributed by atoms with Crippen molar-refractivity contribution in [1.82, 2.24) is 4.72 Å². The molecule has 1 rings (SSSR count). The number of aromatic carboxylic acids is 1. The summed E-state index contributed by atoms with van der Waals surface area (Å²) in [5, 5.41) is 8.85. The second kappa shape index (κ2) is 6.35. The Morgan fingerprint density at radius 1 is 1.40 bits per heavy atom. The second-order valence-corrected chi connectivity index (χ2v) is 5.59. The number of amides is 1. The number of hydrogen-bond acceptors (Lipinski definition) is 5. The second-order valence-electron chi connectivity index (χ2n) is 3.85. The van der Waals surface area contributed by atoms with E-state index < -0.39 is 22.1 Å². The number of nitrogens with one attached hydrogen (secondary N) is 1. The molecule has 1 aromatic rings. The minimum atomic E-state index is -3.89. The number of sulfonamides is 1. The smallest absolute Gasteiger partial charge is 0.404 e. The van der Waals surface area contributed by atoms with Gasteiger partial charge in [0.2, 0.25) is 10.0 Å². The molecule has 1 amide bonds. The van der Waals surface area contributed by atoms with Gasteiger partial charge in [-0.1, -0.05) is 6.07 Å². The highest BCUT2D eigenvalue weighted by Crippen LogP contribution is 2.16. The molecule has 0 fully saturated rings. The van der Waals surface area contributed by atoms with Crippen molar-refractivity contribution in [1.29, 1.82) is 0 Å². The average molecular weight is 302 g/mol. The van der Waals surface area contributed by atoms with Crippen LogP contribution in [0.3, 0.4) is 0 Å². The quantitative estimate of drug-likeness (QED) is 0.636. The first-order valence-electron chi connectivity index (χ1n) is 5.50. The third-order valence-electron chi connectivity index (χ3n) is 2.36. The summed E-state index contributed by atoms with van der Waals surface area (Å²) in [6.45, 7) is 1.16. The third-order valence-corrected chi connectivity index (χ3v) is 3.97. The molecule has 0 saturated carbocycles. The summed E-state index contributed by atoms with van der Waals surface area (Å²) in [6, 6.07) is 3.78. The van der Waals surface area contributed by atoms with Gasteiger partial charge < -0.3 is 15.6 Å². The molecular weight excluding hydrogens is 288 g/mol. The van der Waals surface area contributed by atoms with E-state index in [1.165, 1.54) is 12.1 Å². The number of rotatable bonds is 6. The molecule has 0 saturated heterocycles. The number of ether oxygens (including phenoxy) is 1. The summed E-state index contributed by atoms with van der Waals surface area (Å²) >= 11 is 0. The van der Waals surface area contributed by atoms with Gasteiger partial charge in [0.15, 0.2) is 0 Å². The highest BCUT2D eigenvalue weighted by molar-refractivity contribution is 7.89. The number of primary amides is 1. The summed E-state index contributed by atoms with van der Waals surface area (Å²) in [6.07, 6.45) is -1.01. The molecule has 0 aliphatic carbocycles. The molecular formula is C11H14N2O6S. The molecule has 4 N–H and O–H groups in total. The molecule has 0 aliphatic rings. The molecule has 0 spiro atoms. The van der Waals surface area contributed by atoms with Crippen LogP contribution in [0.15, 0.2) is 23.1 Å². The summed E-state index contributed by atoms with van der Waals surface area (Å²) in [5.74, 6) is -1.22. The number of carbonyl (C=O) groups excluding carboxylic acids is 1. The van der Waals surface area contributed by atoms with Crippen LogP contribution in [-0.2, 0) is 14.8 Å². The first kappa shape index (κ1) is 15.9. The number of carbonyl (C=O) groups is 2. The zero-order valence-electron chi connectivity index (χ0n) is 10.6. The van der Waals surface area contributed by atoms with Crippen LogP contribution in [0.4, 0.5) is 4.79 Å². The number of benzene rings is 1. The van der Waals surface area contributed by atoms with Crippen molar-refractivity contribution in [3.63, 3.8) is 0 Å². The van der Waals surface area contributed by atoms with E-state index in [4.69, 9.17) is 10.8 Å². The number of carboxylic acids is 1. The lowest BCUT2D eigenvalue weighted by Gasteiger charge is -2.10. The van der Waals surface area contributed by atoms with Crippen molar-refractivity contribution in [2.75, 3.05) is 13.2 Å². The lowest BCUT2D eigenvalue weighted by atomic mass is 10.1. The lowest BCUT2D eigenvalue weighted by Crippen LogP contribution is -2.29. The maximum atomic E-state index is 12.0. The molecule has 1 aromatic carbocycles. The van der Waals surface area contributed by atoms with Gasteiger partial charge in [-0.3, -0.25) is 0 Å². The van der Waals surface area contributed by atoms with Crippen LogP contribution in [0, 0.1) is 6.92 Å². The Morgan fingerprint density at radius 2 is 2.05 bits per heavy atom. The molecule has 110 valence electrons. The van der Waals surface area contributed by atoms with Crippen LogP contribution in [0.1, 0.15) is 15.9 Å². The lowest BCUT2D eigenvalue weighted by molar-refractivity contribution is 0.0696. The van der Waals surface area contributed by atoms with Crippen LogP contribution < -0.4 is 10.5 Å². The normalized spacial score (nSPS) is 11.1. The number of hydrogen-bond donors (Lipinski definition) is 3. The average Bonchev–Trinajstić information content (AvgIpc) is 2.34. The molecule has 0 heterocycles. The predicted octanol–water partition coefficient (Wildman–Crippen LogP) is 0.0668. The van der Waals surface area contributed by atoms with E-state index in [9.17, 15) is 18.0 Å². The maximum absolute atomic E-state index is 12.0. The highest BCUT2D eigenvalue weighted by Gasteiger charge is 2.18. The monoisotopic (exact) mass is 302 g/mol. The number of nitrogens with two attached hydrogens (primary N) is 1. The van der Waals surface area contributed by atoms with Gasteiger partial charge in [0.05, 0.1) is 10.5 Å². The first-order chi connectivity index (χ1) is 9.24. The Bertz CT molecular complexity index is 626.